The molecule has 2 nitrogen and oxygen atoms in total. The number of hydrogen-bond donors (Lipinski definition) is 0. The highest BCUT2D eigenvalue weighted by Crippen LogP contribution is 2.39. The summed E-state index contributed by atoms with van der Waals surface area (Å²) in [6, 6.07) is 17.8. The Bertz CT molecular complexity index is 645. The molecule has 3 heteroatoms. The van der Waals surface area contributed by atoms with Gasteiger partial charge in [0.15, 0.2) is 0 Å². The molecule has 0 aromatic heterocycles. The quantitative estimate of drug-likeness (QED) is 0.772. The third-order valence-electron chi connectivity index (χ3n) is 4.20. The Kier molecular flexibility index (Phi) is 4.11. The SMILES string of the molecule is COc1ccc(C2c3ccccc3CN2C[Si](C)(C)C)cc1. The summed E-state index contributed by atoms with van der Waals surface area (Å²) < 4.78 is 5.30. The molecule has 0 spiro atoms. The number of hydrogen-bond acceptors (Lipinski definition) is 2. The number of fused-ring (bicyclic) bond motifs is 1. The molecule has 0 bridgehead atoms. The Hall–Kier alpha value is -1.58. The molecule has 3 rings (SSSR count). The Labute approximate surface area is 134 Å². The maximum absolute atomic E-state index is 5.30. The van der Waals surface area contributed by atoms with Crippen LogP contribution >= 0.6 is 0 Å². The zero-order valence-electron chi connectivity index (χ0n) is 14.0. The third kappa shape index (κ3) is 3.11. The molecule has 0 radical (unpaired) electrons. The summed E-state index contributed by atoms with van der Waals surface area (Å²) in [4.78, 5) is 2.65. The molecule has 22 heavy (non-hydrogen) atoms. The monoisotopic (exact) mass is 311 g/mol. The van der Waals surface area contributed by atoms with Gasteiger partial charge in [0.2, 0.25) is 0 Å². The van der Waals surface area contributed by atoms with Gasteiger partial charge in [-0.05, 0) is 35.0 Å². The van der Waals surface area contributed by atoms with Crippen molar-refractivity contribution in [3.63, 3.8) is 0 Å². The average Bonchev–Trinajstić information content (AvgIpc) is 2.83. The van der Waals surface area contributed by atoms with Gasteiger partial charge in [-0.25, -0.2) is 0 Å². The lowest BCUT2D eigenvalue weighted by Crippen LogP contribution is -2.39. The summed E-state index contributed by atoms with van der Waals surface area (Å²) in [5.41, 5.74) is 4.30. The van der Waals surface area contributed by atoms with Crippen LogP contribution in [-0.2, 0) is 6.54 Å². The smallest absolute Gasteiger partial charge is 0.118 e. The summed E-state index contributed by atoms with van der Waals surface area (Å²) in [6.45, 7) is 8.40. The normalized spacial score (nSPS) is 18.3. The van der Waals surface area contributed by atoms with Crippen LogP contribution < -0.4 is 4.74 Å². The second-order valence-corrected chi connectivity index (χ2v) is 12.8. The Balaban J connectivity index is 1.98. The highest BCUT2D eigenvalue weighted by molar-refractivity contribution is 6.76. The predicted octanol–water partition coefficient (Wildman–Crippen LogP) is 4.48. The fourth-order valence-corrected chi connectivity index (χ4v) is 4.90. The van der Waals surface area contributed by atoms with Crippen LogP contribution in [0.1, 0.15) is 22.7 Å². The minimum atomic E-state index is -1.15. The van der Waals surface area contributed by atoms with Crippen molar-refractivity contribution in [2.24, 2.45) is 0 Å². The van der Waals surface area contributed by atoms with E-state index in [-0.39, 0.29) is 0 Å². The van der Waals surface area contributed by atoms with Crippen LogP contribution in [0.25, 0.3) is 0 Å². The van der Waals surface area contributed by atoms with E-state index in [9.17, 15) is 0 Å². The molecule has 1 unspecified atom stereocenters. The summed E-state index contributed by atoms with van der Waals surface area (Å²) in [6.07, 6.45) is 1.22. The van der Waals surface area contributed by atoms with Gasteiger partial charge in [0.25, 0.3) is 0 Å². The molecule has 0 fully saturated rings. The van der Waals surface area contributed by atoms with E-state index in [1.54, 1.807) is 7.11 Å². The number of ether oxygens (including phenoxy) is 1. The van der Waals surface area contributed by atoms with Crippen molar-refractivity contribution in [1.29, 1.82) is 0 Å². The molecule has 1 aliphatic heterocycles. The maximum atomic E-state index is 5.30. The molecule has 0 N–H and O–H groups in total. The van der Waals surface area contributed by atoms with Gasteiger partial charge in [-0.1, -0.05) is 56.0 Å². The summed E-state index contributed by atoms with van der Waals surface area (Å²) >= 11 is 0. The minimum absolute atomic E-state index is 0.383. The second kappa shape index (κ2) is 5.90. The van der Waals surface area contributed by atoms with Crippen molar-refractivity contribution in [3.05, 3.63) is 65.2 Å². The lowest BCUT2D eigenvalue weighted by molar-refractivity contribution is 0.281. The molecule has 1 heterocycles. The molecule has 2 aromatic rings. The van der Waals surface area contributed by atoms with Gasteiger partial charge in [0.1, 0.15) is 5.75 Å². The molecule has 2 aromatic carbocycles. The van der Waals surface area contributed by atoms with Crippen LogP contribution in [0.4, 0.5) is 0 Å². The summed E-state index contributed by atoms with van der Waals surface area (Å²) in [5, 5.41) is 0. The van der Waals surface area contributed by atoms with E-state index in [0.29, 0.717) is 6.04 Å². The first-order valence-electron chi connectivity index (χ1n) is 7.94. The molecule has 1 atom stereocenters. The first-order valence-corrected chi connectivity index (χ1v) is 11.6. The van der Waals surface area contributed by atoms with Crippen molar-refractivity contribution in [3.8, 4) is 5.75 Å². The first kappa shape index (κ1) is 15.3. The van der Waals surface area contributed by atoms with Gasteiger partial charge in [-0.2, -0.15) is 0 Å². The van der Waals surface area contributed by atoms with Crippen molar-refractivity contribution < 1.29 is 4.74 Å². The van der Waals surface area contributed by atoms with Crippen LogP contribution in [0.2, 0.25) is 19.6 Å². The van der Waals surface area contributed by atoms with Gasteiger partial charge in [-0.3, -0.25) is 4.90 Å². The van der Waals surface area contributed by atoms with Crippen molar-refractivity contribution in [1.82, 2.24) is 4.90 Å². The van der Waals surface area contributed by atoms with Crippen LogP contribution in [0, 0.1) is 0 Å². The van der Waals surface area contributed by atoms with Gasteiger partial charge < -0.3 is 4.74 Å². The van der Waals surface area contributed by atoms with Crippen molar-refractivity contribution in [2.75, 3.05) is 13.3 Å². The summed E-state index contributed by atoms with van der Waals surface area (Å²) in [7, 11) is 0.567. The second-order valence-electron chi connectivity index (χ2n) is 7.34. The van der Waals surface area contributed by atoms with Crippen molar-refractivity contribution >= 4 is 8.07 Å². The van der Waals surface area contributed by atoms with Gasteiger partial charge in [-0.15, -0.1) is 0 Å². The predicted molar refractivity (Wildman–Crippen MR) is 95.0 cm³/mol. The fourth-order valence-electron chi connectivity index (χ4n) is 3.38. The minimum Gasteiger partial charge on any atom is -0.497 e. The maximum Gasteiger partial charge on any atom is 0.118 e. The fraction of sp³-hybridized carbons (Fsp3) is 0.368. The molecular formula is C19H25NOSi. The molecular weight excluding hydrogens is 286 g/mol. The van der Waals surface area contributed by atoms with E-state index in [2.05, 4.69) is 73.1 Å². The zero-order valence-corrected chi connectivity index (χ0v) is 15.0. The largest absolute Gasteiger partial charge is 0.497 e. The molecule has 0 saturated heterocycles. The molecule has 0 saturated carbocycles. The van der Waals surface area contributed by atoms with E-state index in [1.807, 2.05) is 0 Å². The molecule has 1 aliphatic rings. The number of benzene rings is 2. The number of nitrogens with zero attached hydrogens (tertiary/aromatic N) is 1. The average molecular weight is 312 g/mol. The zero-order chi connectivity index (χ0) is 15.7. The number of methoxy groups -OCH3 is 1. The molecule has 0 amide bonds. The van der Waals surface area contributed by atoms with E-state index in [0.717, 1.165) is 12.3 Å². The lowest BCUT2D eigenvalue weighted by atomic mass is 9.98. The van der Waals surface area contributed by atoms with Crippen LogP contribution in [0.5, 0.6) is 5.75 Å². The van der Waals surface area contributed by atoms with Crippen LogP contribution in [0.15, 0.2) is 48.5 Å². The topological polar surface area (TPSA) is 12.5 Å². The Morgan fingerprint density at radius 2 is 1.73 bits per heavy atom. The first-order chi connectivity index (χ1) is 10.5. The Morgan fingerprint density at radius 1 is 1.05 bits per heavy atom. The Morgan fingerprint density at radius 3 is 2.36 bits per heavy atom. The van der Waals surface area contributed by atoms with E-state index < -0.39 is 8.07 Å². The van der Waals surface area contributed by atoms with Gasteiger partial charge in [0, 0.05) is 6.54 Å². The highest BCUT2D eigenvalue weighted by Gasteiger charge is 2.33. The van der Waals surface area contributed by atoms with E-state index in [4.69, 9.17) is 4.74 Å². The standard InChI is InChI=1S/C19H25NOSi/c1-21-17-11-9-15(10-12-17)19-18-8-6-5-7-16(18)13-20(19)14-22(2,3)4/h5-12,19H,13-14H2,1-4H3. The molecule has 116 valence electrons. The highest BCUT2D eigenvalue weighted by atomic mass is 28.3. The van der Waals surface area contributed by atoms with E-state index >= 15 is 0 Å². The van der Waals surface area contributed by atoms with Gasteiger partial charge in [0.05, 0.1) is 21.2 Å². The van der Waals surface area contributed by atoms with Crippen molar-refractivity contribution in [2.45, 2.75) is 32.2 Å². The van der Waals surface area contributed by atoms with Crippen LogP contribution in [0.3, 0.4) is 0 Å². The number of rotatable bonds is 4. The summed E-state index contributed by atoms with van der Waals surface area (Å²) in [5.74, 6) is 0.923. The van der Waals surface area contributed by atoms with E-state index in [1.165, 1.54) is 22.9 Å². The van der Waals surface area contributed by atoms with Crippen LogP contribution in [-0.4, -0.2) is 26.3 Å². The third-order valence-corrected chi connectivity index (χ3v) is 5.55. The van der Waals surface area contributed by atoms with Gasteiger partial charge >= 0.3 is 0 Å². The molecule has 0 aliphatic carbocycles. The lowest BCUT2D eigenvalue weighted by Gasteiger charge is -2.31.